The molecule has 1 aromatic carbocycles. The van der Waals surface area contributed by atoms with E-state index in [9.17, 15) is 5.11 Å². The summed E-state index contributed by atoms with van der Waals surface area (Å²) in [5.41, 5.74) is 1.21. The van der Waals surface area contributed by atoms with Gasteiger partial charge in [0.1, 0.15) is 0 Å². The lowest BCUT2D eigenvalue weighted by atomic mass is 10.0. The van der Waals surface area contributed by atoms with Gasteiger partial charge in [0.25, 0.3) is 0 Å². The number of hydrogen-bond donors (Lipinski definition) is 2. The van der Waals surface area contributed by atoms with E-state index in [-0.39, 0.29) is 5.75 Å². The van der Waals surface area contributed by atoms with Crippen LogP contribution in [0.3, 0.4) is 0 Å². The molecule has 2 aliphatic rings. The van der Waals surface area contributed by atoms with Gasteiger partial charge in [-0.2, -0.15) is 0 Å². The highest BCUT2D eigenvalue weighted by Crippen LogP contribution is 2.32. The number of piperazine rings is 1. The van der Waals surface area contributed by atoms with Crippen molar-refractivity contribution in [1.82, 2.24) is 15.1 Å². The standard InChI is InChI=1S/C19H31N3O3/c1-3-25-19-12-16(4-5-18(19)23)17(14-21-8-10-24-11-9-21)22-7-6-20-15(2)13-22/h4-5,12,15,17,20,23H,3,6-11,13-14H2,1-2H3. The minimum absolute atomic E-state index is 0.212. The SMILES string of the molecule is CCOc1cc(C(CN2CCOCC2)N2CCNC(C)C2)ccc1O. The summed E-state index contributed by atoms with van der Waals surface area (Å²) in [5.74, 6) is 0.791. The van der Waals surface area contributed by atoms with Crippen LogP contribution in [0.15, 0.2) is 18.2 Å². The van der Waals surface area contributed by atoms with Gasteiger partial charge in [0, 0.05) is 51.4 Å². The molecule has 2 fully saturated rings. The van der Waals surface area contributed by atoms with Gasteiger partial charge in [-0.05, 0) is 31.5 Å². The fraction of sp³-hybridized carbons (Fsp3) is 0.684. The molecular weight excluding hydrogens is 318 g/mol. The van der Waals surface area contributed by atoms with E-state index in [1.807, 2.05) is 19.1 Å². The molecule has 25 heavy (non-hydrogen) atoms. The Hall–Kier alpha value is -1.34. The zero-order valence-corrected chi connectivity index (χ0v) is 15.4. The van der Waals surface area contributed by atoms with E-state index in [4.69, 9.17) is 9.47 Å². The van der Waals surface area contributed by atoms with Gasteiger partial charge < -0.3 is 19.9 Å². The van der Waals surface area contributed by atoms with Gasteiger partial charge >= 0.3 is 0 Å². The zero-order valence-electron chi connectivity index (χ0n) is 15.4. The largest absolute Gasteiger partial charge is 0.504 e. The molecule has 1 aromatic rings. The first-order valence-corrected chi connectivity index (χ1v) is 9.40. The number of aromatic hydroxyl groups is 1. The van der Waals surface area contributed by atoms with Crippen molar-refractivity contribution < 1.29 is 14.6 Å². The predicted molar refractivity (Wildman–Crippen MR) is 98.3 cm³/mol. The summed E-state index contributed by atoms with van der Waals surface area (Å²) >= 11 is 0. The number of hydrogen-bond acceptors (Lipinski definition) is 6. The normalized spacial score (nSPS) is 24.2. The second-order valence-electron chi connectivity index (χ2n) is 6.94. The highest BCUT2D eigenvalue weighted by atomic mass is 16.5. The molecule has 2 aliphatic heterocycles. The Labute approximate surface area is 150 Å². The molecule has 2 heterocycles. The van der Waals surface area contributed by atoms with Crippen LogP contribution in [0.2, 0.25) is 0 Å². The molecular formula is C19H31N3O3. The van der Waals surface area contributed by atoms with Crippen molar-refractivity contribution in [3.05, 3.63) is 23.8 Å². The number of benzene rings is 1. The monoisotopic (exact) mass is 349 g/mol. The molecule has 2 N–H and O–H groups in total. The van der Waals surface area contributed by atoms with Crippen LogP contribution in [0.4, 0.5) is 0 Å². The number of ether oxygens (including phenoxy) is 2. The molecule has 6 heteroatoms. The maximum atomic E-state index is 10.0. The van der Waals surface area contributed by atoms with Gasteiger partial charge in [-0.3, -0.25) is 9.80 Å². The van der Waals surface area contributed by atoms with Gasteiger partial charge in [-0.1, -0.05) is 6.07 Å². The van der Waals surface area contributed by atoms with Crippen molar-refractivity contribution in [2.24, 2.45) is 0 Å². The van der Waals surface area contributed by atoms with Gasteiger partial charge in [-0.15, -0.1) is 0 Å². The predicted octanol–water partition coefficient (Wildman–Crippen LogP) is 1.46. The maximum Gasteiger partial charge on any atom is 0.161 e. The fourth-order valence-corrected chi connectivity index (χ4v) is 3.71. The Balaban J connectivity index is 1.82. The van der Waals surface area contributed by atoms with Crippen molar-refractivity contribution in [3.63, 3.8) is 0 Å². The topological polar surface area (TPSA) is 57.2 Å². The summed E-state index contributed by atoms with van der Waals surface area (Å²) in [4.78, 5) is 5.03. The second-order valence-corrected chi connectivity index (χ2v) is 6.94. The van der Waals surface area contributed by atoms with Crippen molar-refractivity contribution >= 4 is 0 Å². The van der Waals surface area contributed by atoms with E-state index < -0.39 is 0 Å². The number of rotatable bonds is 6. The highest BCUT2D eigenvalue weighted by Gasteiger charge is 2.28. The minimum atomic E-state index is 0.212. The molecule has 0 bridgehead atoms. The third-order valence-corrected chi connectivity index (χ3v) is 5.04. The number of morpholine rings is 1. The first-order chi connectivity index (χ1) is 12.2. The Morgan fingerprint density at radius 2 is 2.12 bits per heavy atom. The van der Waals surface area contributed by atoms with E-state index in [1.165, 1.54) is 5.56 Å². The summed E-state index contributed by atoms with van der Waals surface area (Å²) in [6.45, 7) is 12.4. The van der Waals surface area contributed by atoms with Gasteiger partial charge in [-0.25, -0.2) is 0 Å². The van der Waals surface area contributed by atoms with Crippen molar-refractivity contribution in [2.75, 3.05) is 59.1 Å². The van der Waals surface area contributed by atoms with E-state index >= 15 is 0 Å². The lowest BCUT2D eigenvalue weighted by Crippen LogP contribution is -2.52. The number of nitrogens with zero attached hydrogens (tertiary/aromatic N) is 2. The molecule has 0 amide bonds. The number of phenols is 1. The van der Waals surface area contributed by atoms with Gasteiger partial charge in [0.15, 0.2) is 11.5 Å². The third-order valence-electron chi connectivity index (χ3n) is 5.04. The van der Waals surface area contributed by atoms with Gasteiger partial charge in [0.05, 0.1) is 19.8 Å². The Morgan fingerprint density at radius 1 is 1.32 bits per heavy atom. The Kier molecular flexibility index (Phi) is 6.53. The quantitative estimate of drug-likeness (QED) is 0.811. The summed E-state index contributed by atoms with van der Waals surface area (Å²) < 4.78 is 11.1. The molecule has 2 unspecified atom stereocenters. The van der Waals surface area contributed by atoms with Crippen LogP contribution in [-0.2, 0) is 4.74 Å². The molecule has 0 aliphatic carbocycles. The van der Waals surface area contributed by atoms with E-state index in [1.54, 1.807) is 6.07 Å². The molecule has 2 atom stereocenters. The summed E-state index contributed by atoms with van der Waals surface area (Å²) in [7, 11) is 0. The van der Waals surface area contributed by atoms with Crippen LogP contribution in [0.25, 0.3) is 0 Å². The fourth-order valence-electron chi connectivity index (χ4n) is 3.71. The molecule has 0 saturated carbocycles. The molecule has 3 rings (SSSR count). The summed E-state index contributed by atoms with van der Waals surface area (Å²) in [5, 5.41) is 13.6. The van der Waals surface area contributed by atoms with Crippen molar-refractivity contribution in [3.8, 4) is 11.5 Å². The molecule has 0 aromatic heterocycles. The second kappa shape index (κ2) is 8.85. The molecule has 140 valence electrons. The molecule has 0 spiro atoms. The van der Waals surface area contributed by atoms with Crippen LogP contribution < -0.4 is 10.1 Å². The lowest BCUT2D eigenvalue weighted by molar-refractivity contribution is 0.0187. The van der Waals surface area contributed by atoms with Crippen LogP contribution in [0, 0.1) is 0 Å². The minimum Gasteiger partial charge on any atom is -0.504 e. The smallest absolute Gasteiger partial charge is 0.161 e. The van der Waals surface area contributed by atoms with E-state index in [0.29, 0.717) is 24.4 Å². The molecule has 6 nitrogen and oxygen atoms in total. The van der Waals surface area contributed by atoms with Crippen molar-refractivity contribution in [1.29, 1.82) is 0 Å². The number of nitrogens with one attached hydrogen (secondary N) is 1. The van der Waals surface area contributed by atoms with Gasteiger partial charge in [0.2, 0.25) is 0 Å². The Bertz CT molecular complexity index is 549. The van der Waals surface area contributed by atoms with Crippen LogP contribution >= 0.6 is 0 Å². The van der Waals surface area contributed by atoms with E-state index in [0.717, 1.165) is 52.5 Å². The van der Waals surface area contributed by atoms with Crippen LogP contribution in [-0.4, -0.2) is 80.0 Å². The first kappa shape index (κ1) is 18.5. The van der Waals surface area contributed by atoms with Crippen molar-refractivity contribution in [2.45, 2.75) is 25.9 Å². The van der Waals surface area contributed by atoms with Crippen LogP contribution in [0.5, 0.6) is 11.5 Å². The average Bonchev–Trinajstić information content (AvgIpc) is 2.63. The maximum absolute atomic E-state index is 10.0. The lowest BCUT2D eigenvalue weighted by Gasteiger charge is -2.41. The molecule has 0 radical (unpaired) electrons. The Morgan fingerprint density at radius 3 is 2.84 bits per heavy atom. The summed E-state index contributed by atoms with van der Waals surface area (Å²) in [6, 6.07) is 6.59. The summed E-state index contributed by atoms with van der Waals surface area (Å²) in [6.07, 6.45) is 0. The zero-order chi connectivity index (χ0) is 17.6. The van der Waals surface area contributed by atoms with Crippen LogP contribution in [0.1, 0.15) is 25.5 Å². The third kappa shape index (κ3) is 4.85. The highest BCUT2D eigenvalue weighted by molar-refractivity contribution is 5.43. The first-order valence-electron chi connectivity index (χ1n) is 9.40. The molecule has 2 saturated heterocycles. The average molecular weight is 349 g/mol. The van der Waals surface area contributed by atoms with E-state index in [2.05, 4.69) is 22.0 Å². The number of phenolic OH excluding ortho intramolecular Hbond substituents is 1.